The van der Waals surface area contributed by atoms with Gasteiger partial charge < -0.3 is 4.57 Å². The SMILES string of the molecule is C[Si](C)CC12C=CC(C1)C(CCCn1c3ccccc3c3ccccc31)C2. The summed E-state index contributed by atoms with van der Waals surface area (Å²) in [7, 11) is -0.142. The Bertz CT molecular complexity index is 945. The first kappa shape index (κ1) is 17.3. The first-order valence-electron chi connectivity index (χ1n) is 10.6. The topological polar surface area (TPSA) is 4.93 Å². The number of benzene rings is 2. The minimum atomic E-state index is -0.142. The molecule has 139 valence electrons. The van der Waals surface area contributed by atoms with Crippen LogP contribution in [-0.2, 0) is 6.54 Å². The van der Waals surface area contributed by atoms with Gasteiger partial charge in [-0.15, -0.1) is 0 Å². The van der Waals surface area contributed by atoms with Crippen molar-refractivity contribution in [1.29, 1.82) is 0 Å². The summed E-state index contributed by atoms with van der Waals surface area (Å²) in [4.78, 5) is 0. The highest BCUT2D eigenvalue weighted by molar-refractivity contribution is 6.55. The zero-order valence-electron chi connectivity index (χ0n) is 16.6. The summed E-state index contributed by atoms with van der Waals surface area (Å²) < 4.78 is 2.56. The monoisotopic (exact) mass is 372 g/mol. The van der Waals surface area contributed by atoms with E-state index in [2.05, 4.69) is 78.3 Å². The van der Waals surface area contributed by atoms with E-state index in [1.165, 1.54) is 53.5 Å². The molecular formula is C25H30NSi. The van der Waals surface area contributed by atoms with Gasteiger partial charge >= 0.3 is 0 Å². The fraction of sp³-hybridized carbons (Fsp3) is 0.440. The molecule has 0 N–H and O–H groups in total. The molecule has 1 aromatic heterocycles. The quantitative estimate of drug-likeness (QED) is 0.327. The smallest absolute Gasteiger partial charge is 0.0491 e. The van der Waals surface area contributed by atoms with Crippen LogP contribution in [0.1, 0.15) is 25.7 Å². The summed E-state index contributed by atoms with van der Waals surface area (Å²) in [5.41, 5.74) is 3.37. The van der Waals surface area contributed by atoms with Crippen LogP contribution < -0.4 is 0 Å². The highest BCUT2D eigenvalue weighted by Crippen LogP contribution is 2.56. The zero-order valence-corrected chi connectivity index (χ0v) is 17.6. The Hall–Kier alpha value is -1.80. The van der Waals surface area contributed by atoms with Gasteiger partial charge in [-0.2, -0.15) is 0 Å². The number of hydrogen-bond acceptors (Lipinski definition) is 0. The molecule has 2 heteroatoms. The second-order valence-electron chi connectivity index (χ2n) is 9.27. The Balaban J connectivity index is 1.32. The third-order valence-corrected chi connectivity index (χ3v) is 8.37. The van der Waals surface area contributed by atoms with E-state index in [-0.39, 0.29) is 8.80 Å². The lowest BCUT2D eigenvalue weighted by Crippen LogP contribution is -2.20. The van der Waals surface area contributed by atoms with Crippen molar-refractivity contribution in [3.05, 3.63) is 60.7 Å². The summed E-state index contributed by atoms with van der Waals surface area (Å²) in [6.45, 7) is 6.11. The third kappa shape index (κ3) is 2.99. The summed E-state index contributed by atoms with van der Waals surface area (Å²) >= 11 is 0. The van der Waals surface area contributed by atoms with Gasteiger partial charge in [0.15, 0.2) is 0 Å². The highest BCUT2D eigenvalue weighted by Gasteiger charge is 2.46. The van der Waals surface area contributed by atoms with Crippen molar-refractivity contribution in [2.24, 2.45) is 17.3 Å². The van der Waals surface area contributed by atoms with E-state index >= 15 is 0 Å². The van der Waals surface area contributed by atoms with E-state index in [0.29, 0.717) is 5.41 Å². The summed E-state index contributed by atoms with van der Waals surface area (Å²) in [5.74, 6) is 1.79. The van der Waals surface area contributed by atoms with Crippen LogP contribution in [0.15, 0.2) is 60.7 Å². The van der Waals surface area contributed by atoms with Crippen molar-refractivity contribution in [3.8, 4) is 0 Å². The van der Waals surface area contributed by atoms with Crippen molar-refractivity contribution in [3.63, 3.8) is 0 Å². The van der Waals surface area contributed by atoms with Crippen molar-refractivity contribution in [2.75, 3.05) is 0 Å². The predicted octanol–water partition coefficient (Wildman–Crippen LogP) is 6.91. The van der Waals surface area contributed by atoms with E-state index < -0.39 is 0 Å². The Morgan fingerprint density at radius 1 is 0.963 bits per heavy atom. The van der Waals surface area contributed by atoms with E-state index in [9.17, 15) is 0 Å². The van der Waals surface area contributed by atoms with Gasteiger partial charge in [-0.1, -0.05) is 67.7 Å². The minimum Gasteiger partial charge on any atom is -0.340 e. The zero-order chi connectivity index (χ0) is 18.4. The number of allylic oxidation sites excluding steroid dienone is 2. The van der Waals surface area contributed by atoms with Crippen molar-refractivity contribution >= 4 is 30.6 Å². The van der Waals surface area contributed by atoms with E-state index in [1.807, 2.05) is 0 Å². The van der Waals surface area contributed by atoms with Gasteiger partial charge in [0.2, 0.25) is 0 Å². The van der Waals surface area contributed by atoms with Crippen LogP contribution >= 0.6 is 0 Å². The minimum absolute atomic E-state index is 0.142. The molecule has 3 unspecified atom stereocenters. The normalized spacial score (nSPS) is 26.8. The van der Waals surface area contributed by atoms with E-state index in [0.717, 1.165) is 18.4 Å². The lowest BCUT2D eigenvalue weighted by Gasteiger charge is -2.27. The van der Waals surface area contributed by atoms with Gasteiger partial charge in [0.25, 0.3) is 0 Å². The number of aryl methyl sites for hydroxylation is 1. The molecule has 1 saturated carbocycles. The Kier molecular flexibility index (Phi) is 4.27. The maximum absolute atomic E-state index is 2.60. The van der Waals surface area contributed by atoms with Crippen LogP contribution in [0, 0.1) is 17.3 Å². The van der Waals surface area contributed by atoms with Gasteiger partial charge in [0.1, 0.15) is 0 Å². The van der Waals surface area contributed by atoms with Crippen LogP contribution in [0.25, 0.3) is 21.8 Å². The average Bonchev–Trinajstić information content (AvgIpc) is 3.31. The molecule has 1 radical (unpaired) electrons. The van der Waals surface area contributed by atoms with Gasteiger partial charge in [-0.25, -0.2) is 0 Å². The molecule has 3 atom stereocenters. The average molecular weight is 373 g/mol. The highest BCUT2D eigenvalue weighted by atomic mass is 28.3. The number of aromatic nitrogens is 1. The van der Waals surface area contributed by atoms with Gasteiger partial charge in [-0.05, 0) is 55.1 Å². The first-order valence-corrected chi connectivity index (χ1v) is 13.3. The molecule has 0 aliphatic heterocycles. The molecule has 2 aliphatic rings. The van der Waals surface area contributed by atoms with Crippen molar-refractivity contribution in [2.45, 2.75) is 51.4 Å². The van der Waals surface area contributed by atoms with Gasteiger partial charge in [0, 0.05) is 37.1 Å². The molecule has 1 heterocycles. The van der Waals surface area contributed by atoms with E-state index in [4.69, 9.17) is 0 Å². The molecule has 5 rings (SSSR count). The molecular weight excluding hydrogens is 342 g/mol. The summed E-state index contributed by atoms with van der Waals surface area (Å²) in [6.07, 6.45) is 10.7. The second kappa shape index (κ2) is 6.67. The van der Waals surface area contributed by atoms with E-state index in [1.54, 1.807) is 0 Å². The van der Waals surface area contributed by atoms with Crippen LogP contribution in [0.2, 0.25) is 19.1 Å². The lowest BCUT2D eigenvalue weighted by molar-refractivity contribution is 0.365. The predicted molar refractivity (Wildman–Crippen MR) is 119 cm³/mol. The molecule has 0 amide bonds. The molecule has 2 aliphatic carbocycles. The largest absolute Gasteiger partial charge is 0.340 e. The number of rotatable bonds is 6. The number of hydrogen-bond donors (Lipinski definition) is 0. The second-order valence-corrected chi connectivity index (χ2v) is 12.0. The maximum atomic E-state index is 2.60. The Morgan fingerprint density at radius 3 is 2.30 bits per heavy atom. The maximum Gasteiger partial charge on any atom is 0.0491 e. The third-order valence-electron chi connectivity index (χ3n) is 6.96. The first-order chi connectivity index (χ1) is 13.2. The number of para-hydroxylation sites is 2. The molecule has 1 fully saturated rings. The fourth-order valence-corrected chi connectivity index (χ4v) is 7.88. The molecule has 2 aromatic carbocycles. The van der Waals surface area contributed by atoms with Crippen LogP contribution in [-0.4, -0.2) is 13.4 Å². The molecule has 1 nitrogen and oxygen atoms in total. The Morgan fingerprint density at radius 2 is 1.63 bits per heavy atom. The number of nitrogens with zero attached hydrogens (tertiary/aromatic N) is 1. The van der Waals surface area contributed by atoms with Crippen LogP contribution in [0.5, 0.6) is 0 Å². The summed E-state index contributed by atoms with van der Waals surface area (Å²) in [5, 5.41) is 2.80. The van der Waals surface area contributed by atoms with Crippen LogP contribution in [0.4, 0.5) is 0 Å². The Labute approximate surface area is 164 Å². The molecule has 0 saturated heterocycles. The fourth-order valence-electron chi connectivity index (χ4n) is 6.06. The lowest BCUT2D eigenvalue weighted by atomic mass is 9.84. The summed E-state index contributed by atoms with van der Waals surface area (Å²) in [6, 6.07) is 19.3. The molecule has 0 spiro atoms. The van der Waals surface area contributed by atoms with Gasteiger partial charge in [-0.3, -0.25) is 0 Å². The molecule has 2 bridgehead atoms. The van der Waals surface area contributed by atoms with Crippen LogP contribution in [0.3, 0.4) is 0 Å². The molecule has 3 aromatic rings. The molecule has 27 heavy (non-hydrogen) atoms. The van der Waals surface area contributed by atoms with Crippen molar-refractivity contribution < 1.29 is 0 Å². The standard InChI is InChI=1S/C25H30NSi/c1-27(2)18-25-14-13-20(17-25)19(16-25)8-7-15-26-23-11-5-3-9-21(23)22-10-4-6-12-24(22)26/h3-6,9-14,19-20H,7-8,15-18H2,1-2H3. The van der Waals surface area contributed by atoms with Crippen molar-refractivity contribution in [1.82, 2.24) is 4.57 Å². The number of fused-ring (bicyclic) bond motifs is 5. The van der Waals surface area contributed by atoms with Gasteiger partial charge in [0.05, 0.1) is 0 Å².